The van der Waals surface area contributed by atoms with Crippen LogP contribution in [0.4, 0.5) is 13.2 Å². The van der Waals surface area contributed by atoms with Crippen molar-refractivity contribution < 1.29 is 26.4 Å². The van der Waals surface area contributed by atoms with E-state index in [1.807, 2.05) is 0 Å². The van der Waals surface area contributed by atoms with Crippen molar-refractivity contribution in [2.75, 3.05) is 7.05 Å². The molecule has 1 amide bonds. The Morgan fingerprint density at radius 3 is 2.19 bits per heavy atom. The zero-order valence-corrected chi connectivity index (χ0v) is 14.5. The first kappa shape index (κ1) is 19.9. The molecule has 1 heterocycles. The molecule has 140 valence electrons. The van der Waals surface area contributed by atoms with E-state index in [0.29, 0.717) is 11.1 Å². The summed E-state index contributed by atoms with van der Waals surface area (Å²) < 4.78 is 62.5. The molecule has 2 rings (SSSR count). The van der Waals surface area contributed by atoms with Crippen LogP contribution in [0.5, 0.6) is 0 Å². The second-order valence-electron chi connectivity index (χ2n) is 5.39. The molecule has 2 N–H and O–H groups in total. The molecule has 1 aromatic heterocycles. The predicted octanol–water partition coefficient (Wildman–Crippen LogP) is 2.08. The van der Waals surface area contributed by atoms with Crippen LogP contribution in [0.3, 0.4) is 0 Å². The summed E-state index contributed by atoms with van der Waals surface area (Å²) in [5, 5.41) is 2.56. The monoisotopic (exact) mass is 387 g/mol. The van der Waals surface area contributed by atoms with Gasteiger partial charge < -0.3 is 5.32 Å². The quantitative estimate of drug-likeness (QED) is 0.794. The number of hydrogen-bond acceptors (Lipinski definition) is 4. The Bertz CT molecular complexity index is 864. The SMILES string of the molecule is CNS(=O)(=O)Cc1ccc(CNC(=O)c2ccc(C(F)(F)F)nc2)cc1. The number of rotatable bonds is 6. The third-order valence-corrected chi connectivity index (χ3v) is 4.80. The van der Waals surface area contributed by atoms with Crippen LogP contribution >= 0.6 is 0 Å². The van der Waals surface area contributed by atoms with Gasteiger partial charge in [-0.1, -0.05) is 24.3 Å². The molecular weight excluding hydrogens is 371 g/mol. The highest BCUT2D eigenvalue weighted by Gasteiger charge is 2.32. The minimum atomic E-state index is -4.56. The average molecular weight is 387 g/mol. The molecular formula is C16H16F3N3O3S. The zero-order valence-electron chi connectivity index (χ0n) is 13.7. The summed E-state index contributed by atoms with van der Waals surface area (Å²) in [6, 6.07) is 8.35. The normalized spacial score (nSPS) is 12.0. The van der Waals surface area contributed by atoms with Crippen LogP contribution in [0.2, 0.25) is 0 Å². The number of carbonyl (C=O) groups excluding carboxylic acids is 1. The standard InChI is InChI=1S/C16H16F3N3O3S/c1-20-26(24,25)10-12-4-2-11(3-5-12)8-22-15(23)13-6-7-14(21-9-13)16(17,18)19/h2-7,9,20H,8,10H2,1H3,(H,22,23). The second-order valence-corrected chi connectivity index (χ2v) is 7.32. The van der Waals surface area contributed by atoms with Gasteiger partial charge in [0, 0.05) is 12.7 Å². The van der Waals surface area contributed by atoms with Crippen LogP contribution in [-0.2, 0) is 28.5 Å². The maximum atomic E-state index is 12.4. The summed E-state index contributed by atoms with van der Waals surface area (Å²) in [7, 11) is -2.04. The van der Waals surface area contributed by atoms with E-state index in [2.05, 4.69) is 15.0 Å². The number of nitrogens with zero attached hydrogens (tertiary/aromatic N) is 1. The van der Waals surface area contributed by atoms with Crippen molar-refractivity contribution in [2.45, 2.75) is 18.5 Å². The van der Waals surface area contributed by atoms with E-state index in [0.717, 1.165) is 18.3 Å². The molecule has 0 atom stereocenters. The van der Waals surface area contributed by atoms with Crippen LogP contribution in [0.15, 0.2) is 42.6 Å². The molecule has 0 bridgehead atoms. The highest BCUT2D eigenvalue weighted by Crippen LogP contribution is 2.27. The number of benzene rings is 1. The van der Waals surface area contributed by atoms with E-state index in [-0.39, 0.29) is 17.9 Å². The highest BCUT2D eigenvalue weighted by atomic mass is 32.2. The van der Waals surface area contributed by atoms with E-state index in [4.69, 9.17) is 0 Å². The summed E-state index contributed by atoms with van der Waals surface area (Å²) in [5.41, 5.74) is 0.237. The van der Waals surface area contributed by atoms with Crippen molar-refractivity contribution in [2.24, 2.45) is 0 Å². The van der Waals surface area contributed by atoms with Crippen LogP contribution in [0.1, 0.15) is 27.2 Å². The van der Waals surface area contributed by atoms with Crippen LogP contribution in [0, 0.1) is 0 Å². The Morgan fingerprint density at radius 2 is 1.69 bits per heavy atom. The van der Waals surface area contributed by atoms with Crippen molar-refractivity contribution >= 4 is 15.9 Å². The molecule has 0 saturated heterocycles. The Labute approximate surface area is 148 Å². The summed E-state index contributed by atoms with van der Waals surface area (Å²) in [6.45, 7) is 0.138. The van der Waals surface area contributed by atoms with Crippen molar-refractivity contribution in [1.82, 2.24) is 15.0 Å². The Balaban J connectivity index is 1.95. The van der Waals surface area contributed by atoms with Crippen molar-refractivity contribution in [3.63, 3.8) is 0 Å². The van der Waals surface area contributed by atoms with Crippen molar-refractivity contribution in [1.29, 1.82) is 0 Å². The molecule has 0 saturated carbocycles. The molecule has 0 aliphatic rings. The fraction of sp³-hybridized carbons (Fsp3) is 0.250. The van der Waals surface area contributed by atoms with Gasteiger partial charge in [-0.2, -0.15) is 13.2 Å². The largest absolute Gasteiger partial charge is 0.433 e. The molecule has 0 spiro atoms. The fourth-order valence-electron chi connectivity index (χ4n) is 2.03. The number of amides is 1. The summed E-state index contributed by atoms with van der Waals surface area (Å²) >= 11 is 0. The van der Waals surface area contributed by atoms with Gasteiger partial charge in [0.1, 0.15) is 5.69 Å². The fourth-order valence-corrected chi connectivity index (χ4v) is 2.80. The van der Waals surface area contributed by atoms with Gasteiger partial charge in [0.25, 0.3) is 5.91 Å². The molecule has 0 unspecified atom stereocenters. The van der Waals surface area contributed by atoms with E-state index < -0.39 is 27.8 Å². The zero-order chi connectivity index (χ0) is 19.4. The minimum Gasteiger partial charge on any atom is -0.348 e. The summed E-state index contributed by atoms with van der Waals surface area (Å²) in [4.78, 5) is 15.2. The number of halogens is 3. The van der Waals surface area contributed by atoms with E-state index >= 15 is 0 Å². The van der Waals surface area contributed by atoms with E-state index in [9.17, 15) is 26.4 Å². The van der Waals surface area contributed by atoms with Gasteiger partial charge in [0.2, 0.25) is 10.0 Å². The van der Waals surface area contributed by atoms with E-state index in [1.165, 1.54) is 7.05 Å². The average Bonchev–Trinajstić information content (AvgIpc) is 2.60. The van der Waals surface area contributed by atoms with Crippen LogP contribution in [-0.4, -0.2) is 26.4 Å². The molecule has 10 heteroatoms. The topological polar surface area (TPSA) is 88.2 Å². The van der Waals surface area contributed by atoms with Crippen LogP contribution < -0.4 is 10.0 Å². The Morgan fingerprint density at radius 1 is 1.08 bits per heavy atom. The first-order chi connectivity index (χ1) is 12.1. The van der Waals surface area contributed by atoms with Gasteiger partial charge in [-0.05, 0) is 30.3 Å². The number of nitrogens with one attached hydrogen (secondary N) is 2. The Kier molecular flexibility index (Phi) is 5.98. The van der Waals surface area contributed by atoms with E-state index in [1.54, 1.807) is 24.3 Å². The lowest BCUT2D eigenvalue weighted by Crippen LogP contribution is -2.23. The molecule has 6 nitrogen and oxygen atoms in total. The minimum absolute atomic E-state index is 0.00901. The molecule has 0 aliphatic heterocycles. The third kappa shape index (κ3) is 5.53. The molecule has 0 radical (unpaired) electrons. The van der Waals surface area contributed by atoms with Gasteiger partial charge >= 0.3 is 6.18 Å². The molecule has 1 aromatic carbocycles. The van der Waals surface area contributed by atoms with Gasteiger partial charge in [0.05, 0.1) is 11.3 Å². The molecule has 0 aliphatic carbocycles. The lowest BCUT2D eigenvalue weighted by Gasteiger charge is -2.08. The van der Waals surface area contributed by atoms with Gasteiger partial charge in [0.15, 0.2) is 0 Å². The van der Waals surface area contributed by atoms with Crippen molar-refractivity contribution in [3.05, 3.63) is 65.0 Å². The third-order valence-electron chi connectivity index (χ3n) is 3.46. The summed E-state index contributed by atoms with van der Waals surface area (Å²) in [6.07, 6.45) is -3.69. The van der Waals surface area contributed by atoms with Gasteiger partial charge in [-0.15, -0.1) is 0 Å². The van der Waals surface area contributed by atoms with Gasteiger partial charge in [-0.25, -0.2) is 13.1 Å². The molecule has 0 fully saturated rings. The smallest absolute Gasteiger partial charge is 0.348 e. The highest BCUT2D eigenvalue weighted by molar-refractivity contribution is 7.88. The first-order valence-corrected chi connectivity index (χ1v) is 9.06. The molecule has 26 heavy (non-hydrogen) atoms. The Hall–Kier alpha value is -2.46. The number of sulfonamides is 1. The number of hydrogen-bond donors (Lipinski definition) is 2. The maximum absolute atomic E-state index is 12.4. The number of aromatic nitrogens is 1. The second kappa shape index (κ2) is 7.83. The first-order valence-electron chi connectivity index (χ1n) is 7.41. The lowest BCUT2D eigenvalue weighted by atomic mass is 10.1. The number of carbonyl (C=O) groups is 1. The van der Waals surface area contributed by atoms with Gasteiger partial charge in [-0.3, -0.25) is 9.78 Å². The van der Waals surface area contributed by atoms with Crippen LogP contribution in [0.25, 0.3) is 0 Å². The number of pyridine rings is 1. The summed E-state index contributed by atoms with van der Waals surface area (Å²) in [5.74, 6) is -0.721. The van der Waals surface area contributed by atoms with Crippen molar-refractivity contribution in [3.8, 4) is 0 Å². The predicted molar refractivity (Wildman–Crippen MR) is 88.5 cm³/mol. The lowest BCUT2D eigenvalue weighted by molar-refractivity contribution is -0.141. The maximum Gasteiger partial charge on any atom is 0.433 e. The molecule has 2 aromatic rings. The number of alkyl halides is 3.